The van der Waals surface area contributed by atoms with Crippen LogP contribution in [0, 0.1) is 25.7 Å². The molecule has 116 valence electrons. The molecule has 1 aromatic carbocycles. The van der Waals surface area contributed by atoms with Crippen molar-refractivity contribution in [1.82, 2.24) is 4.90 Å². The third-order valence-corrected chi connectivity index (χ3v) is 5.06. The first-order valence-electron chi connectivity index (χ1n) is 7.68. The molecule has 0 radical (unpaired) electrons. The fourth-order valence-electron chi connectivity index (χ4n) is 3.82. The molecule has 21 heavy (non-hydrogen) atoms. The molecule has 0 bridgehead atoms. The predicted octanol–water partition coefficient (Wildman–Crippen LogP) is 2.92. The third kappa shape index (κ3) is 3.09. The summed E-state index contributed by atoms with van der Waals surface area (Å²) in [6, 6.07) is 6.40. The number of aryl methyl sites for hydroxylation is 2. The summed E-state index contributed by atoms with van der Waals surface area (Å²) in [6.07, 6.45) is 3.56. The Morgan fingerprint density at radius 1 is 1.24 bits per heavy atom. The van der Waals surface area contributed by atoms with E-state index in [1.807, 2.05) is 30.9 Å². The van der Waals surface area contributed by atoms with E-state index in [4.69, 9.17) is 5.73 Å². The van der Waals surface area contributed by atoms with E-state index in [-0.39, 0.29) is 24.4 Å². The highest BCUT2D eigenvalue weighted by Crippen LogP contribution is 2.36. The molecular formula is C17H25ClN2O. The highest BCUT2D eigenvalue weighted by atomic mass is 35.5. The van der Waals surface area contributed by atoms with E-state index >= 15 is 0 Å². The Hall–Kier alpha value is -1.06. The number of amides is 1. The molecule has 2 aliphatic rings. The minimum atomic E-state index is 0. The number of hydrogen-bond donors (Lipinski definition) is 1. The Morgan fingerprint density at radius 3 is 2.71 bits per heavy atom. The van der Waals surface area contributed by atoms with Gasteiger partial charge in [-0.15, -0.1) is 12.4 Å². The number of rotatable bonds is 1. The molecule has 1 saturated carbocycles. The van der Waals surface area contributed by atoms with Gasteiger partial charge in [-0.1, -0.05) is 24.1 Å². The van der Waals surface area contributed by atoms with Crippen LogP contribution >= 0.6 is 12.4 Å². The van der Waals surface area contributed by atoms with Gasteiger partial charge in [-0.05, 0) is 50.2 Å². The fraction of sp³-hybridized carbons (Fsp3) is 0.588. The molecule has 1 aromatic rings. The first-order valence-corrected chi connectivity index (χ1v) is 7.68. The van der Waals surface area contributed by atoms with Gasteiger partial charge >= 0.3 is 0 Å². The molecule has 3 atom stereocenters. The van der Waals surface area contributed by atoms with E-state index in [1.165, 1.54) is 12.8 Å². The zero-order valence-electron chi connectivity index (χ0n) is 12.8. The summed E-state index contributed by atoms with van der Waals surface area (Å²) in [5.74, 6) is 1.32. The largest absolute Gasteiger partial charge is 0.338 e. The number of hydrogen-bond acceptors (Lipinski definition) is 2. The lowest BCUT2D eigenvalue weighted by atomic mass is 9.78. The molecule has 0 aromatic heterocycles. The van der Waals surface area contributed by atoms with Gasteiger partial charge in [0.2, 0.25) is 0 Å². The van der Waals surface area contributed by atoms with Gasteiger partial charge in [0, 0.05) is 24.7 Å². The smallest absolute Gasteiger partial charge is 0.254 e. The maximum absolute atomic E-state index is 12.8. The number of nitrogens with two attached hydrogens (primary N) is 1. The van der Waals surface area contributed by atoms with Crippen molar-refractivity contribution in [2.75, 3.05) is 13.1 Å². The quantitative estimate of drug-likeness (QED) is 0.867. The molecule has 4 heteroatoms. The molecule has 1 aliphatic carbocycles. The van der Waals surface area contributed by atoms with Crippen molar-refractivity contribution in [2.24, 2.45) is 17.6 Å². The van der Waals surface area contributed by atoms with Gasteiger partial charge < -0.3 is 10.6 Å². The molecule has 3 nitrogen and oxygen atoms in total. The number of likely N-dealkylation sites (tertiary alicyclic amines) is 1. The van der Waals surface area contributed by atoms with Crippen LogP contribution in [0.2, 0.25) is 0 Å². The molecule has 3 rings (SSSR count). The Bertz CT molecular complexity index is 532. The standard InChI is InChI=1S/C17H24N2O.ClH/c1-11-6-7-12(2)14(8-11)17(20)19-9-13-4-3-5-16(18)15(13)10-19;/h6-8,13,15-16H,3-5,9-10,18H2,1-2H3;1H. The molecule has 1 heterocycles. The van der Waals surface area contributed by atoms with E-state index in [1.54, 1.807) is 0 Å². The topological polar surface area (TPSA) is 46.3 Å². The molecule has 1 aliphatic heterocycles. The van der Waals surface area contributed by atoms with Crippen LogP contribution in [0.4, 0.5) is 0 Å². The molecule has 2 N–H and O–H groups in total. The van der Waals surface area contributed by atoms with Crippen LogP contribution in [0.3, 0.4) is 0 Å². The number of halogens is 1. The first kappa shape index (κ1) is 16.3. The Balaban J connectivity index is 0.00000161. The molecule has 1 amide bonds. The van der Waals surface area contributed by atoms with Crippen LogP contribution < -0.4 is 5.73 Å². The molecule has 0 spiro atoms. The van der Waals surface area contributed by atoms with Crippen LogP contribution in [0.5, 0.6) is 0 Å². The first-order chi connectivity index (χ1) is 9.56. The second-order valence-corrected chi connectivity index (χ2v) is 6.55. The molecule has 1 saturated heterocycles. The number of carbonyl (C=O) groups excluding carboxylic acids is 1. The summed E-state index contributed by atoms with van der Waals surface area (Å²) in [4.78, 5) is 14.8. The number of nitrogens with zero attached hydrogens (tertiary/aromatic N) is 1. The van der Waals surface area contributed by atoms with Gasteiger partial charge in [0.15, 0.2) is 0 Å². The van der Waals surface area contributed by atoms with Crippen molar-refractivity contribution in [3.63, 3.8) is 0 Å². The predicted molar refractivity (Wildman–Crippen MR) is 87.9 cm³/mol. The van der Waals surface area contributed by atoms with Crippen LogP contribution in [-0.4, -0.2) is 29.9 Å². The van der Waals surface area contributed by atoms with Gasteiger partial charge in [-0.3, -0.25) is 4.79 Å². The number of carbonyl (C=O) groups is 1. The van der Waals surface area contributed by atoms with Gasteiger partial charge in [-0.25, -0.2) is 0 Å². The Kier molecular flexibility index (Phi) is 4.95. The summed E-state index contributed by atoms with van der Waals surface area (Å²) >= 11 is 0. The minimum Gasteiger partial charge on any atom is -0.338 e. The van der Waals surface area contributed by atoms with E-state index in [2.05, 4.69) is 6.07 Å². The average Bonchev–Trinajstić information content (AvgIpc) is 2.86. The van der Waals surface area contributed by atoms with E-state index in [0.29, 0.717) is 11.8 Å². The van der Waals surface area contributed by atoms with E-state index in [0.717, 1.165) is 36.2 Å². The van der Waals surface area contributed by atoms with Crippen molar-refractivity contribution in [3.05, 3.63) is 34.9 Å². The van der Waals surface area contributed by atoms with E-state index < -0.39 is 0 Å². The summed E-state index contributed by atoms with van der Waals surface area (Å²) in [5.41, 5.74) is 9.31. The Labute approximate surface area is 133 Å². The normalized spacial score (nSPS) is 28.0. The summed E-state index contributed by atoms with van der Waals surface area (Å²) in [6.45, 7) is 5.79. The maximum atomic E-state index is 12.8. The monoisotopic (exact) mass is 308 g/mol. The fourth-order valence-corrected chi connectivity index (χ4v) is 3.82. The second-order valence-electron chi connectivity index (χ2n) is 6.55. The zero-order valence-corrected chi connectivity index (χ0v) is 13.7. The van der Waals surface area contributed by atoms with Gasteiger partial charge in [0.1, 0.15) is 0 Å². The summed E-state index contributed by atoms with van der Waals surface area (Å²) < 4.78 is 0. The van der Waals surface area contributed by atoms with Crippen molar-refractivity contribution in [1.29, 1.82) is 0 Å². The number of benzene rings is 1. The van der Waals surface area contributed by atoms with Gasteiger partial charge in [0.25, 0.3) is 5.91 Å². The van der Waals surface area contributed by atoms with Gasteiger partial charge in [0.05, 0.1) is 0 Å². The van der Waals surface area contributed by atoms with Crippen molar-refractivity contribution < 1.29 is 4.79 Å². The van der Waals surface area contributed by atoms with Crippen LogP contribution in [0.1, 0.15) is 40.7 Å². The zero-order chi connectivity index (χ0) is 14.3. The SMILES string of the molecule is Cc1ccc(C)c(C(=O)N2CC3CCCC(N)C3C2)c1.Cl. The minimum absolute atomic E-state index is 0. The van der Waals surface area contributed by atoms with Gasteiger partial charge in [-0.2, -0.15) is 0 Å². The van der Waals surface area contributed by atoms with Crippen LogP contribution in [0.25, 0.3) is 0 Å². The molecular weight excluding hydrogens is 284 g/mol. The summed E-state index contributed by atoms with van der Waals surface area (Å²) in [5, 5.41) is 0. The van der Waals surface area contributed by atoms with Crippen LogP contribution in [-0.2, 0) is 0 Å². The van der Waals surface area contributed by atoms with Crippen LogP contribution in [0.15, 0.2) is 18.2 Å². The van der Waals surface area contributed by atoms with Crippen molar-refractivity contribution in [3.8, 4) is 0 Å². The van der Waals surface area contributed by atoms with E-state index in [9.17, 15) is 4.79 Å². The lowest BCUT2D eigenvalue weighted by Crippen LogP contribution is -2.38. The second kappa shape index (κ2) is 6.37. The Morgan fingerprint density at radius 2 is 2.00 bits per heavy atom. The molecule has 2 fully saturated rings. The van der Waals surface area contributed by atoms with Crippen molar-refractivity contribution in [2.45, 2.75) is 39.2 Å². The highest BCUT2D eigenvalue weighted by Gasteiger charge is 2.40. The molecule has 3 unspecified atom stereocenters. The average molecular weight is 309 g/mol. The third-order valence-electron chi connectivity index (χ3n) is 5.06. The van der Waals surface area contributed by atoms with Crippen molar-refractivity contribution >= 4 is 18.3 Å². The lowest BCUT2D eigenvalue weighted by Gasteiger charge is -2.29. The maximum Gasteiger partial charge on any atom is 0.254 e. The highest BCUT2D eigenvalue weighted by molar-refractivity contribution is 5.96. The summed E-state index contributed by atoms with van der Waals surface area (Å²) in [7, 11) is 0. The number of fused-ring (bicyclic) bond motifs is 1. The lowest BCUT2D eigenvalue weighted by molar-refractivity contribution is 0.0782.